The van der Waals surface area contributed by atoms with Crippen molar-refractivity contribution in [3.8, 4) is 0 Å². The predicted octanol–water partition coefficient (Wildman–Crippen LogP) is 6.86. The summed E-state index contributed by atoms with van der Waals surface area (Å²) in [4.78, 5) is 26.5. The molecule has 2 heterocycles. The summed E-state index contributed by atoms with van der Waals surface area (Å²) in [6, 6.07) is 5.90. The molecule has 2 atom stereocenters. The molecular formula is C27H28F6N2O3. The van der Waals surface area contributed by atoms with Gasteiger partial charge in [0.25, 0.3) is 5.91 Å². The lowest BCUT2D eigenvalue weighted by molar-refractivity contribution is -0.182. The molecular weight excluding hydrogens is 514 g/mol. The van der Waals surface area contributed by atoms with Crippen molar-refractivity contribution in [3.63, 3.8) is 0 Å². The van der Waals surface area contributed by atoms with Crippen molar-refractivity contribution in [3.05, 3.63) is 41.5 Å². The number of nitrogens with zero attached hydrogens (tertiary/aromatic N) is 1. The van der Waals surface area contributed by atoms with Gasteiger partial charge in [0.1, 0.15) is 0 Å². The van der Waals surface area contributed by atoms with Gasteiger partial charge in [-0.05, 0) is 80.3 Å². The number of carbonyl (C=O) groups is 2. The average Bonchev–Trinajstić information content (AvgIpc) is 3.10. The third-order valence-corrected chi connectivity index (χ3v) is 8.42. The van der Waals surface area contributed by atoms with Crippen LogP contribution >= 0.6 is 0 Å². The first-order valence-electron chi connectivity index (χ1n) is 12.9. The number of anilines is 1. The summed E-state index contributed by atoms with van der Waals surface area (Å²) in [5.74, 6) is -3.13. The van der Waals surface area contributed by atoms with Gasteiger partial charge in [0.2, 0.25) is 0 Å². The third kappa shape index (κ3) is 5.03. The van der Waals surface area contributed by atoms with E-state index in [1.165, 1.54) is 30.3 Å². The minimum absolute atomic E-state index is 0.101. The molecule has 2 aromatic carbocycles. The van der Waals surface area contributed by atoms with E-state index in [2.05, 4.69) is 5.32 Å². The minimum atomic E-state index is -4.73. The number of rotatable bonds is 4. The Morgan fingerprint density at radius 1 is 0.868 bits per heavy atom. The number of piperidine rings is 1. The van der Waals surface area contributed by atoms with E-state index in [0.717, 1.165) is 0 Å². The Hall–Kier alpha value is -2.98. The van der Waals surface area contributed by atoms with Gasteiger partial charge < -0.3 is 15.3 Å². The van der Waals surface area contributed by atoms with E-state index in [0.29, 0.717) is 25.7 Å². The maximum absolute atomic E-state index is 14.2. The molecule has 3 aliphatic rings. The van der Waals surface area contributed by atoms with Crippen LogP contribution in [0.4, 0.5) is 32.0 Å². The molecule has 38 heavy (non-hydrogen) atoms. The molecule has 1 saturated carbocycles. The number of hydrogen-bond acceptors (Lipinski definition) is 3. The van der Waals surface area contributed by atoms with Crippen LogP contribution in [0, 0.1) is 11.8 Å². The van der Waals surface area contributed by atoms with Crippen molar-refractivity contribution in [2.45, 2.75) is 81.8 Å². The first-order chi connectivity index (χ1) is 17.8. The molecule has 5 nitrogen and oxygen atoms in total. The van der Waals surface area contributed by atoms with Crippen molar-refractivity contribution in [2.24, 2.45) is 11.8 Å². The number of hydrogen-bond donors (Lipinski definition) is 2. The molecule has 0 aromatic heterocycles. The van der Waals surface area contributed by atoms with Gasteiger partial charge in [-0.2, -0.15) is 26.3 Å². The van der Waals surface area contributed by atoms with E-state index in [1.807, 2.05) is 0 Å². The van der Waals surface area contributed by atoms with Gasteiger partial charge in [0.05, 0.1) is 17.4 Å². The molecule has 2 aromatic rings. The van der Waals surface area contributed by atoms with Crippen LogP contribution in [0.5, 0.6) is 0 Å². The summed E-state index contributed by atoms with van der Waals surface area (Å²) >= 11 is 0. The highest BCUT2D eigenvalue weighted by molar-refractivity contribution is 6.01. The monoisotopic (exact) mass is 542 g/mol. The van der Waals surface area contributed by atoms with Gasteiger partial charge in [-0.3, -0.25) is 9.59 Å². The standard InChI is InChI=1S/C27H28F6N2O3/c28-26(29,30)17-3-5-18(6-4-17)34-22-10-2-14-11-15(1-9-21(14)23(22)27(31,32)33)24(36)35-19-7-8-20(35)13-16(12-19)25(37)38/h1-2,9-11,16-20,34H,3-8,12-13H2,(H,37,38). The number of amides is 1. The molecule has 5 rings (SSSR count). The highest BCUT2D eigenvalue weighted by atomic mass is 19.4. The fourth-order valence-electron chi connectivity index (χ4n) is 6.53. The summed E-state index contributed by atoms with van der Waals surface area (Å²) in [5.41, 5.74) is -0.856. The molecule has 3 fully saturated rings. The molecule has 1 aliphatic carbocycles. The number of aliphatic carboxylic acids is 1. The fourth-order valence-corrected chi connectivity index (χ4v) is 6.53. The Bertz CT molecular complexity index is 1220. The summed E-state index contributed by atoms with van der Waals surface area (Å²) < 4.78 is 81.5. The largest absolute Gasteiger partial charge is 0.481 e. The van der Waals surface area contributed by atoms with Gasteiger partial charge in [-0.1, -0.05) is 12.1 Å². The van der Waals surface area contributed by atoms with E-state index in [1.54, 1.807) is 4.90 Å². The summed E-state index contributed by atoms with van der Waals surface area (Å²) in [5, 5.41) is 12.3. The lowest BCUT2D eigenvalue weighted by atomic mass is 9.85. The van der Waals surface area contributed by atoms with E-state index in [-0.39, 0.29) is 65.7 Å². The molecule has 206 valence electrons. The van der Waals surface area contributed by atoms with Gasteiger partial charge in [-0.25, -0.2) is 0 Å². The number of benzene rings is 2. The Morgan fingerprint density at radius 2 is 1.50 bits per heavy atom. The molecule has 2 N–H and O–H groups in total. The van der Waals surface area contributed by atoms with Crippen LogP contribution in [-0.2, 0) is 11.0 Å². The third-order valence-electron chi connectivity index (χ3n) is 8.42. The molecule has 2 saturated heterocycles. The van der Waals surface area contributed by atoms with Crippen molar-refractivity contribution >= 4 is 28.3 Å². The topological polar surface area (TPSA) is 69.6 Å². The van der Waals surface area contributed by atoms with E-state index in [9.17, 15) is 41.0 Å². The Morgan fingerprint density at radius 3 is 2.05 bits per heavy atom. The average molecular weight is 543 g/mol. The van der Waals surface area contributed by atoms with Crippen molar-refractivity contribution < 1.29 is 41.0 Å². The number of fused-ring (bicyclic) bond motifs is 3. The zero-order valence-corrected chi connectivity index (χ0v) is 20.4. The summed E-state index contributed by atoms with van der Waals surface area (Å²) in [6.45, 7) is 0. The van der Waals surface area contributed by atoms with E-state index in [4.69, 9.17) is 0 Å². The Labute approximate surface area is 215 Å². The SMILES string of the molecule is O=C(O)C1CC2CCC(C1)N2C(=O)c1ccc2c(C(F)(F)F)c(NC3CCC(C(F)(F)F)CC3)ccc2c1. The lowest BCUT2D eigenvalue weighted by Gasteiger charge is -2.37. The molecule has 0 spiro atoms. The molecule has 11 heteroatoms. The number of carbonyl (C=O) groups excluding carboxylic acids is 1. The molecule has 2 bridgehead atoms. The van der Waals surface area contributed by atoms with Crippen LogP contribution in [0.1, 0.15) is 67.3 Å². The number of carboxylic acid groups (broad SMARTS) is 1. The van der Waals surface area contributed by atoms with Crippen LogP contribution in [0.15, 0.2) is 30.3 Å². The zero-order chi connectivity index (χ0) is 27.4. The van der Waals surface area contributed by atoms with Crippen LogP contribution in [0.25, 0.3) is 10.8 Å². The predicted molar refractivity (Wildman–Crippen MR) is 128 cm³/mol. The molecule has 0 radical (unpaired) electrons. The summed E-state index contributed by atoms with van der Waals surface area (Å²) in [7, 11) is 0. The van der Waals surface area contributed by atoms with Crippen LogP contribution < -0.4 is 5.32 Å². The number of alkyl halides is 6. The van der Waals surface area contributed by atoms with Gasteiger partial charge in [-0.15, -0.1) is 0 Å². The lowest BCUT2D eigenvalue weighted by Crippen LogP contribution is -2.47. The molecule has 2 unspecified atom stereocenters. The van der Waals surface area contributed by atoms with E-state index >= 15 is 0 Å². The highest BCUT2D eigenvalue weighted by Crippen LogP contribution is 2.44. The first kappa shape index (κ1) is 26.6. The normalized spacial score (nSPS) is 27.9. The van der Waals surface area contributed by atoms with Crippen molar-refractivity contribution in [1.82, 2.24) is 4.90 Å². The zero-order valence-electron chi connectivity index (χ0n) is 20.4. The first-order valence-corrected chi connectivity index (χ1v) is 12.9. The van der Waals surface area contributed by atoms with Crippen molar-refractivity contribution in [2.75, 3.05) is 5.32 Å². The van der Waals surface area contributed by atoms with Crippen LogP contribution in [0.3, 0.4) is 0 Å². The van der Waals surface area contributed by atoms with Crippen LogP contribution in [0.2, 0.25) is 0 Å². The summed E-state index contributed by atoms with van der Waals surface area (Å²) in [6.07, 6.45) is -6.92. The molecule has 2 aliphatic heterocycles. The second-order valence-electron chi connectivity index (χ2n) is 10.8. The maximum atomic E-state index is 14.2. The van der Waals surface area contributed by atoms with E-state index < -0.39 is 41.8 Å². The quantitative estimate of drug-likeness (QED) is 0.414. The van der Waals surface area contributed by atoms with Gasteiger partial charge in [0.15, 0.2) is 0 Å². The molecule has 1 amide bonds. The smallest absolute Gasteiger partial charge is 0.418 e. The Balaban J connectivity index is 1.39. The van der Waals surface area contributed by atoms with Crippen LogP contribution in [-0.4, -0.2) is 46.2 Å². The Kier molecular flexibility index (Phi) is 6.76. The number of carboxylic acids is 1. The van der Waals surface area contributed by atoms with Gasteiger partial charge in [0, 0.05) is 29.4 Å². The fraction of sp³-hybridized carbons (Fsp3) is 0.556. The second-order valence-corrected chi connectivity index (χ2v) is 10.8. The van der Waals surface area contributed by atoms with Crippen molar-refractivity contribution in [1.29, 1.82) is 0 Å². The maximum Gasteiger partial charge on any atom is 0.418 e. The number of halogens is 6. The highest BCUT2D eigenvalue weighted by Gasteiger charge is 2.46. The number of nitrogens with one attached hydrogen (secondary N) is 1. The van der Waals surface area contributed by atoms with Gasteiger partial charge >= 0.3 is 18.3 Å². The minimum Gasteiger partial charge on any atom is -0.481 e. The second kappa shape index (κ2) is 9.64.